The van der Waals surface area contributed by atoms with E-state index in [-0.39, 0.29) is 6.17 Å². The fourth-order valence-electron chi connectivity index (χ4n) is 3.50. The molecule has 0 saturated carbocycles. The average molecular weight is 312 g/mol. The molecule has 0 aliphatic carbocycles. The van der Waals surface area contributed by atoms with Crippen LogP contribution >= 0.6 is 0 Å². The molecule has 2 heterocycles. The van der Waals surface area contributed by atoms with Crippen molar-refractivity contribution in [1.82, 2.24) is 19.6 Å². The van der Waals surface area contributed by atoms with Crippen molar-refractivity contribution in [3.8, 4) is 0 Å². The molecule has 2 aromatic heterocycles. The predicted octanol–water partition coefficient (Wildman–Crippen LogP) is 4.61. The highest BCUT2D eigenvalue weighted by Crippen LogP contribution is 2.31. The van der Waals surface area contributed by atoms with Crippen molar-refractivity contribution < 1.29 is 0 Å². The highest BCUT2D eigenvalue weighted by atomic mass is 15.5. The summed E-state index contributed by atoms with van der Waals surface area (Å²) in [5, 5.41) is 11.9. The van der Waals surface area contributed by atoms with Crippen LogP contribution in [-0.2, 0) is 0 Å². The quantitative estimate of drug-likeness (QED) is 0.477. The summed E-state index contributed by atoms with van der Waals surface area (Å²) >= 11 is 0. The molecule has 5 aromatic rings. The Hall–Kier alpha value is -3.14. The molecule has 0 radical (unpaired) electrons. The molecule has 5 rings (SSSR count). The van der Waals surface area contributed by atoms with E-state index >= 15 is 0 Å². The standard InChI is InChI=1S/C20H16N4/c1-14(24-21-17-10-4-5-11-18(17)22-24)23-19-12-6-2-8-15(19)16-9-3-7-13-20(16)23/h2-14H,1H3. The maximum absolute atomic E-state index is 4.67. The minimum atomic E-state index is -0.0119. The van der Waals surface area contributed by atoms with Gasteiger partial charge in [-0.2, -0.15) is 15.0 Å². The first kappa shape index (κ1) is 13.3. The van der Waals surface area contributed by atoms with Gasteiger partial charge in [0.2, 0.25) is 0 Å². The van der Waals surface area contributed by atoms with Crippen molar-refractivity contribution in [2.75, 3.05) is 0 Å². The first-order chi connectivity index (χ1) is 11.8. The number of hydrogen-bond donors (Lipinski definition) is 0. The lowest BCUT2D eigenvalue weighted by Gasteiger charge is -2.15. The van der Waals surface area contributed by atoms with Crippen molar-refractivity contribution in [3.63, 3.8) is 0 Å². The molecule has 0 amide bonds. The Morgan fingerprint density at radius 3 is 1.67 bits per heavy atom. The zero-order valence-electron chi connectivity index (χ0n) is 13.3. The Labute approximate surface area is 138 Å². The fourth-order valence-corrected chi connectivity index (χ4v) is 3.50. The normalized spacial score (nSPS) is 13.0. The van der Waals surface area contributed by atoms with Crippen LogP contribution in [0, 0.1) is 0 Å². The molecule has 0 aliphatic heterocycles. The van der Waals surface area contributed by atoms with E-state index in [0.717, 1.165) is 11.0 Å². The lowest BCUT2D eigenvalue weighted by atomic mass is 10.2. The van der Waals surface area contributed by atoms with Crippen LogP contribution in [0.2, 0.25) is 0 Å². The highest BCUT2D eigenvalue weighted by molar-refractivity contribution is 6.08. The fraction of sp³-hybridized carbons (Fsp3) is 0.100. The average Bonchev–Trinajstić information content (AvgIpc) is 3.20. The van der Waals surface area contributed by atoms with Crippen molar-refractivity contribution in [2.24, 2.45) is 0 Å². The van der Waals surface area contributed by atoms with Gasteiger partial charge in [-0.3, -0.25) is 0 Å². The first-order valence-corrected chi connectivity index (χ1v) is 8.12. The van der Waals surface area contributed by atoms with Crippen LogP contribution < -0.4 is 0 Å². The summed E-state index contributed by atoms with van der Waals surface area (Å²) in [5.74, 6) is 0. The van der Waals surface area contributed by atoms with E-state index in [4.69, 9.17) is 0 Å². The minimum absolute atomic E-state index is 0.0119. The van der Waals surface area contributed by atoms with Crippen LogP contribution in [0.15, 0.2) is 72.8 Å². The minimum Gasteiger partial charge on any atom is -0.316 e. The molecule has 116 valence electrons. The van der Waals surface area contributed by atoms with E-state index in [1.54, 1.807) is 0 Å². The molecule has 0 saturated heterocycles. The molecule has 4 heteroatoms. The number of para-hydroxylation sites is 2. The monoisotopic (exact) mass is 312 g/mol. The number of rotatable bonds is 2. The maximum Gasteiger partial charge on any atom is 0.144 e. The van der Waals surface area contributed by atoms with Gasteiger partial charge >= 0.3 is 0 Å². The van der Waals surface area contributed by atoms with Crippen LogP contribution in [0.5, 0.6) is 0 Å². The molecule has 0 N–H and O–H groups in total. The number of benzene rings is 3. The van der Waals surface area contributed by atoms with Gasteiger partial charge in [-0.05, 0) is 31.2 Å². The van der Waals surface area contributed by atoms with Gasteiger partial charge in [0.25, 0.3) is 0 Å². The third kappa shape index (κ3) is 1.80. The van der Waals surface area contributed by atoms with Gasteiger partial charge in [0.15, 0.2) is 0 Å². The summed E-state index contributed by atoms with van der Waals surface area (Å²) < 4.78 is 2.31. The number of fused-ring (bicyclic) bond motifs is 4. The SMILES string of the molecule is CC(n1nc2ccccc2n1)n1c2ccccc2c2ccccc21. The molecule has 4 nitrogen and oxygen atoms in total. The molecule has 3 aromatic carbocycles. The van der Waals surface area contributed by atoms with Crippen molar-refractivity contribution in [2.45, 2.75) is 13.1 Å². The molecule has 0 aliphatic rings. The second-order valence-corrected chi connectivity index (χ2v) is 6.05. The predicted molar refractivity (Wildman–Crippen MR) is 97.1 cm³/mol. The van der Waals surface area contributed by atoms with Gasteiger partial charge in [0, 0.05) is 10.8 Å². The highest BCUT2D eigenvalue weighted by Gasteiger charge is 2.17. The lowest BCUT2D eigenvalue weighted by Crippen LogP contribution is -2.17. The molecule has 1 unspecified atom stereocenters. The second-order valence-electron chi connectivity index (χ2n) is 6.05. The summed E-state index contributed by atoms with van der Waals surface area (Å²) in [6.45, 7) is 2.14. The lowest BCUT2D eigenvalue weighted by molar-refractivity contribution is 0.402. The molecular formula is C20H16N4. The van der Waals surface area contributed by atoms with E-state index in [2.05, 4.69) is 70.2 Å². The Morgan fingerprint density at radius 1 is 0.667 bits per heavy atom. The van der Waals surface area contributed by atoms with Crippen LogP contribution in [0.4, 0.5) is 0 Å². The van der Waals surface area contributed by atoms with Crippen molar-refractivity contribution in [1.29, 1.82) is 0 Å². The topological polar surface area (TPSA) is 35.6 Å². The van der Waals surface area contributed by atoms with E-state index in [1.165, 1.54) is 21.8 Å². The number of hydrogen-bond acceptors (Lipinski definition) is 2. The second kappa shape index (κ2) is 4.93. The van der Waals surface area contributed by atoms with Crippen molar-refractivity contribution >= 4 is 32.8 Å². The summed E-state index contributed by atoms with van der Waals surface area (Å²) in [5.41, 5.74) is 4.25. The van der Waals surface area contributed by atoms with E-state index < -0.39 is 0 Å². The molecule has 0 bridgehead atoms. The Kier molecular flexibility index (Phi) is 2.73. The third-order valence-electron chi connectivity index (χ3n) is 4.63. The summed E-state index contributed by atoms with van der Waals surface area (Å²) in [6, 6.07) is 25.0. The Balaban J connectivity index is 1.80. The number of aromatic nitrogens is 4. The number of nitrogens with zero attached hydrogens (tertiary/aromatic N) is 4. The smallest absolute Gasteiger partial charge is 0.144 e. The van der Waals surface area contributed by atoms with Gasteiger partial charge in [-0.15, -0.1) is 0 Å². The van der Waals surface area contributed by atoms with Gasteiger partial charge < -0.3 is 4.57 Å². The molecule has 0 spiro atoms. The largest absolute Gasteiger partial charge is 0.316 e. The van der Waals surface area contributed by atoms with Gasteiger partial charge in [-0.1, -0.05) is 48.5 Å². The Morgan fingerprint density at radius 2 is 1.12 bits per heavy atom. The summed E-state index contributed by atoms with van der Waals surface area (Å²) in [7, 11) is 0. The molecule has 0 fully saturated rings. The third-order valence-corrected chi connectivity index (χ3v) is 4.63. The van der Waals surface area contributed by atoms with Crippen LogP contribution in [0.1, 0.15) is 13.1 Å². The van der Waals surface area contributed by atoms with Crippen LogP contribution in [0.25, 0.3) is 32.8 Å². The van der Waals surface area contributed by atoms with Crippen molar-refractivity contribution in [3.05, 3.63) is 72.8 Å². The van der Waals surface area contributed by atoms with E-state index in [1.807, 2.05) is 29.1 Å². The van der Waals surface area contributed by atoms with Gasteiger partial charge in [0.05, 0.1) is 11.0 Å². The molecule has 1 atom stereocenters. The van der Waals surface area contributed by atoms with Crippen LogP contribution in [0.3, 0.4) is 0 Å². The zero-order chi connectivity index (χ0) is 16.1. The first-order valence-electron chi connectivity index (χ1n) is 8.12. The Bertz CT molecular complexity index is 1100. The van der Waals surface area contributed by atoms with E-state index in [0.29, 0.717) is 0 Å². The maximum atomic E-state index is 4.67. The van der Waals surface area contributed by atoms with Crippen LogP contribution in [-0.4, -0.2) is 19.6 Å². The van der Waals surface area contributed by atoms with E-state index in [9.17, 15) is 0 Å². The molecule has 24 heavy (non-hydrogen) atoms. The zero-order valence-corrected chi connectivity index (χ0v) is 13.3. The molecular weight excluding hydrogens is 296 g/mol. The van der Waals surface area contributed by atoms with Gasteiger partial charge in [-0.25, -0.2) is 0 Å². The summed E-state index contributed by atoms with van der Waals surface area (Å²) in [4.78, 5) is 1.81. The van der Waals surface area contributed by atoms with Gasteiger partial charge in [0.1, 0.15) is 17.2 Å². The summed E-state index contributed by atoms with van der Waals surface area (Å²) in [6.07, 6.45) is -0.0119.